The van der Waals surface area contributed by atoms with Crippen LogP contribution < -0.4 is 5.73 Å². The Morgan fingerprint density at radius 2 is 2.19 bits per heavy atom. The van der Waals surface area contributed by atoms with E-state index in [9.17, 15) is 0 Å². The van der Waals surface area contributed by atoms with Crippen LogP contribution in [-0.4, -0.2) is 9.97 Å². The Labute approximate surface area is 96.9 Å². The molecule has 0 aliphatic carbocycles. The molecule has 2 aromatic heterocycles. The third-order valence-corrected chi connectivity index (χ3v) is 3.62. The van der Waals surface area contributed by atoms with Gasteiger partial charge in [0, 0.05) is 27.6 Å². The van der Waals surface area contributed by atoms with E-state index in [0.717, 1.165) is 11.4 Å². The zero-order valence-corrected chi connectivity index (χ0v) is 9.42. The minimum atomic E-state index is 0.486. The van der Waals surface area contributed by atoms with Gasteiger partial charge >= 0.3 is 0 Å². The van der Waals surface area contributed by atoms with Crippen LogP contribution in [-0.2, 0) is 6.54 Å². The molecule has 3 nitrogen and oxygen atoms in total. The fraction of sp³-hybridized carbons (Fsp3) is 0.0833. The van der Waals surface area contributed by atoms with Gasteiger partial charge in [-0.15, -0.1) is 11.3 Å². The molecule has 80 valence electrons. The van der Waals surface area contributed by atoms with Gasteiger partial charge in [-0.3, -0.25) is 0 Å². The summed E-state index contributed by atoms with van der Waals surface area (Å²) in [6, 6.07) is 8.35. The van der Waals surface area contributed by atoms with E-state index >= 15 is 0 Å². The van der Waals surface area contributed by atoms with E-state index in [4.69, 9.17) is 5.73 Å². The van der Waals surface area contributed by atoms with Gasteiger partial charge in [0.15, 0.2) is 0 Å². The number of thiophene rings is 1. The lowest BCUT2D eigenvalue weighted by molar-refractivity contribution is 1.01. The molecule has 3 rings (SSSR count). The van der Waals surface area contributed by atoms with Crippen molar-refractivity contribution < 1.29 is 0 Å². The molecule has 0 radical (unpaired) electrons. The van der Waals surface area contributed by atoms with Crippen LogP contribution >= 0.6 is 11.3 Å². The average molecular weight is 229 g/mol. The van der Waals surface area contributed by atoms with Crippen molar-refractivity contribution >= 4 is 21.4 Å². The molecule has 16 heavy (non-hydrogen) atoms. The number of hydrogen-bond acceptors (Lipinski definition) is 3. The second kappa shape index (κ2) is 3.73. The topological polar surface area (TPSA) is 54.7 Å². The van der Waals surface area contributed by atoms with Crippen molar-refractivity contribution in [3.63, 3.8) is 0 Å². The second-order valence-electron chi connectivity index (χ2n) is 3.58. The number of nitrogens with zero attached hydrogens (tertiary/aromatic N) is 1. The number of imidazole rings is 1. The third-order valence-electron chi connectivity index (χ3n) is 2.66. The van der Waals surface area contributed by atoms with E-state index in [1.807, 2.05) is 6.07 Å². The molecule has 4 heteroatoms. The summed E-state index contributed by atoms with van der Waals surface area (Å²) in [6.45, 7) is 0.486. The van der Waals surface area contributed by atoms with Gasteiger partial charge < -0.3 is 10.7 Å². The Hall–Kier alpha value is -1.65. The van der Waals surface area contributed by atoms with Gasteiger partial charge in [-0.2, -0.15) is 0 Å². The minimum Gasteiger partial charge on any atom is -0.347 e. The van der Waals surface area contributed by atoms with Crippen molar-refractivity contribution in [1.82, 2.24) is 9.97 Å². The highest BCUT2D eigenvalue weighted by Crippen LogP contribution is 2.33. The molecule has 0 saturated heterocycles. The smallest absolute Gasteiger partial charge is 0.0940 e. The van der Waals surface area contributed by atoms with E-state index in [1.165, 1.54) is 15.6 Å². The van der Waals surface area contributed by atoms with Gasteiger partial charge in [-0.25, -0.2) is 4.98 Å². The van der Waals surface area contributed by atoms with E-state index < -0.39 is 0 Å². The monoisotopic (exact) mass is 229 g/mol. The first-order valence-electron chi connectivity index (χ1n) is 5.09. The summed E-state index contributed by atoms with van der Waals surface area (Å²) in [7, 11) is 0. The fourth-order valence-electron chi connectivity index (χ4n) is 1.87. The maximum atomic E-state index is 5.68. The SMILES string of the molecule is NCc1[nH]cnc1-c1csc2ccccc12. The molecule has 3 N–H and O–H groups in total. The number of aromatic nitrogens is 2. The lowest BCUT2D eigenvalue weighted by Crippen LogP contribution is -1.98. The number of nitrogens with one attached hydrogen (secondary N) is 1. The Morgan fingerprint density at radius 3 is 3.06 bits per heavy atom. The van der Waals surface area contributed by atoms with E-state index in [-0.39, 0.29) is 0 Å². The molecule has 0 atom stereocenters. The van der Waals surface area contributed by atoms with Crippen molar-refractivity contribution in [3.05, 3.63) is 41.7 Å². The summed E-state index contributed by atoms with van der Waals surface area (Å²) < 4.78 is 1.28. The highest BCUT2D eigenvalue weighted by atomic mass is 32.1. The molecule has 3 aromatic rings. The molecule has 0 unspecified atom stereocenters. The largest absolute Gasteiger partial charge is 0.347 e. The zero-order chi connectivity index (χ0) is 11.0. The van der Waals surface area contributed by atoms with Gasteiger partial charge in [0.05, 0.1) is 17.7 Å². The molecule has 0 spiro atoms. The molecule has 0 amide bonds. The van der Waals surface area contributed by atoms with Crippen LogP contribution in [0.1, 0.15) is 5.69 Å². The van der Waals surface area contributed by atoms with E-state index in [1.54, 1.807) is 17.7 Å². The zero-order valence-electron chi connectivity index (χ0n) is 8.60. The Bertz CT molecular complexity index is 624. The van der Waals surface area contributed by atoms with Gasteiger partial charge in [0.1, 0.15) is 0 Å². The summed E-state index contributed by atoms with van der Waals surface area (Å²) >= 11 is 1.74. The van der Waals surface area contributed by atoms with Crippen LogP contribution in [0.4, 0.5) is 0 Å². The predicted molar refractivity (Wildman–Crippen MR) is 67.3 cm³/mol. The van der Waals surface area contributed by atoms with E-state index in [0.29, 0.717) is 6.54 Å². The fourth-order valence-corrected chi connectivity index (χ4v) is 2.82. The molecular formula is C12H11N3S. The van der Waals surface area contributed by atoms with Gasteiger partial charge in [0.2, 0.25) is 0 Å². The number of aromatic amines is 1. The summed E-state index contributed by atoms with van der Waals surface area (Å²) in [5.74, 6) is 0. The number of nitrogens with two attached hydrogens (primary N) is 1. The van der Waals surface area contributed by atoms with Gasteiger partial charge in [-0.05, 0) is 6.07 Å². The predicted octanol–water partition coefficient (Wildman–Crippen LogP) is 2.75. The lowest BCUT2D eigenvalue weighted by atomic mass is 10.1. The highest BCUT2D eigenvalue weighted by Gasteiger charge is 2.11. The average Bonchev–Trinajstić information content (AvgIpc) is 2.94. The van der Waals surface area contributed by atoms with Crippen molar-refractivity contribution in [2.24, 2.45) is 5.73 Å². The van der Waals surface area contributed by atoms with Crippen LogP contribution in [0.2, 0.25) is 0 Å². The molecule has 0 saturated carbocycles. The molecule has 0 aliphatic heterocycles. The van der Waals surface area contributed by atoms with E-state index in [2.05, 4.69) is 33.5 Å². The van der Waals surface area contributed by atoms with Crippen LogP contribution in [0, 0.1) is 0 Å². The molecule has 0 aliphatic rings. The van der Waals surface area contributed by atoms with Gasteiger partial charge in [0.25, 0.3) is 0 Å². The van der Waals surface area contributed by atoms with Crippen molar-refractivity contribution in [2.75, 3.05) is 0 Å². The summed E-state index contributed by atoms with van der Waals surface area (Å²) in [5, 5.41) is 3.38. The van der Waals surface area contributed by atoms with Crippen molar-refractivity contribution in [3.8, 4) is 11.3 Å². The van der Waals surface area contributed by atoms with Crippen LogP contribution in [0.15, 0.2) is 36.0 Å². The van der Waals surface area contributed by atoms with Crippen molar-refractivity contribution in [1.29, 1.82) is 0 Å². The van der Waals surface area contributed by atoms with Crippen molar-refractivity contribution in [2.45, 2.75) is 6.54 Å². The number of benzene rings is 1. The van der Waals surface area contributed by atoms with Crippen LogP contribution in [0.5, 0.6) is 0 Å². The number of hydrogen-bond donors (Lipinski definition) is 2. The maximum Gasteiger partial charge on any atom is 0.0940 e. The number of rotatable bonds is 2. The summed E-state index contributed by atoms with van der Waals surface area (Å²) in [4.78, 5) is 7.43. The Balaban J connectivity index is 2.26. The molecule has 1 aromatic carbocycles. The molecule has 0 bridgehead atoms. The van der Waals surface area contributed by atoms with Crippen LogP contribution in [0.3, 0.4) is 0 Å². The number of fused-ring (bicyclic) bond motifs is 1. The summed E-state index contributed by atoms with van der Waals surface area (Å²) in [6.07, 6.45) is 1.70. The Kier molecular flexibility index (Phi) is 2.23. The molecular weight excluding hydrogens is 218 g/mol. The highest BCUT2D eigenvalue weighted by molar-refractivity contribution is 7.17. The Morgan fingerprint density at radius 1 is 1.31 bits per heavy atom. The maximum absolute atomic E-state index is 5.68. The first kappa shape index (κ1) is 9.57. The lowest BCUT2D eigenvalue weighted by Gasteiger charge is -1.98. The normalized spacial score (nSPS) is 11.1. The first-order valence-corrected chi connectivity index (χ1v) is 5.97. The molecule has 0 fully saturated rings. The quantitative estimate of drug-likeness (QED) is 0.710. The second-order valence-corrected chi connectivity index (χ2v) is 4.49. The first-order chi connectivity index (χ1) is 7.90. The molecule has 2 heterocycles. The minimum absolute atomic E-state index is 0.486. The van der Waals surface area contributed by atoms with Crippen LogP contribution in [0.25, 0.3) is 21.3 Å². The summed E-state index contributed by atoms with van der Waals surface area (Å²) in [5.41, 5.74) is 8.81. The number of H-pyrrole nitrogens is 1. The third kappa shape index (κ3) is 1.35. The van der Waals surface area contributed by atoms with Gasteiger partial charge in [-0.1, -0.05) is 18.2 Å². The standard InChI is InChI=1S/C12H11N3S/c13-5-10-12(15-7-14-10)9-6-16-11-4-2-1-3-8(9)11/h1-4,6-7H,5,13H2,(H,14,15).